The zero-order valence-electron chi connectivity index (χ0n) is 14.5. The van der Waals surface area contributed by atoms with Gasteiger partial charge in [-0.1, -0.05) is 38.0 Å². The van der Waals surface area contributed by atoms with Gasteiger partial charge in [0.25, 0.3) is 0 Å². The summed E-state index contributed by atoms with van der Waals surface area (Å²) in [6.07, 6.45) is 3.42. The van der Waals surface area contributed by atoms with Crippen LogP contribution in [0.3, 0.4) is 0 Å². The summed E-state index contributed by atoms with van der Waals surface area (Å²) in [4.78, 5) is 0. The van der Waals surface area contributed by atoms with Gasteiger partial charge in [-0.15, -0.1) is 0 Å². The van der Waals surface area contributed by atoms with Crippen molar-refractivity contribution in [3.05, 3.63) is 0 Å². The van der Waals surface area contributed by atoms with Gasteiger partial charge >= 0.3 is 0 Å². The highest BCUT2D eigenvalue weighted by Gasteiger charge is 2.08. The minimum absolute atomic E-state index is 0.854. The first-order valence-electron chi connectivity index (χ1n) is 7.20. The predicted octanol–water partition coefficient (Wildman–Crippen LogP) is 3.39. The van der Waals surface area contributed by atoms with Gasteiger partial charge in [-0.05, 0) is 45.3 Å². The molecule has 0 fully saturated rings. The first-order valence-corrected chi connectivity index (χ1v) is 11.4. The van der Waals surface area contributed by atoms with E-state index in [1.807, 2.05) is 27.7 Å². The molecule has 2 N–H and O–H groups in total. The van der Waals surface area contributed by atoms with Gasteiger partial charge in [-0.3, -0.25) is 0 Å². The van der Waals surface area contributed by atoms with Crippen molar-refractivity contribution in [3.8, 4) is 0 Å². The fourth-order valence-electron chi connectivity index (χ4n) is 0.783. The minimum Gasteiger partial charge on any atom is -0.464 e. The molecule has 0 spiro atoms. The van der Waals surface area contributed by atoms with E-state index in [2.05, 4.69) is 30.0 Å². The first kappa shape index (κ1) is 24.4. The van der Waals surface area contributed by atoms with Gasteiger partial charge in [-0.2, -0.15) is 0 Å². The van der Waals surface area contributed by atoms with Crippen LogP contribution in [0, 0.1) is 0 Å². The fraction of sp³-hybridized carbons (Fsp3) is 0.846. The van der Waals surface area contributed by atoms with Crippen molar-refractivity contribution in [3.63, 3.8) is 0 Å². The molecule has 0 saturated heterocycles. The molecule has 0 rings (SSSR count). The molecular weight excluding hydrogens is 288 g/mol. The molecule has 0 aromatic carbocycles. The third kappa shape index (κ3) is 22.5. The maximum atomic E-state index is 8.11. The van der Waals surface area contributed by atoms with Crippen molar-refractivity contribution in [2.24, 2.45) is 10.3 Å². The molecule has 0 amide bonds. The predicted molar refractivity (Wildman–Crippen MR) is 94.0 cm³/mol. The van der Waals surface area contributed by atoms with Crippen LogP contribution < -0.4 is 0 Å². The highest BCUT2D eigenvalue weighted by Crippen LogP contribution is 1.96. The van der Waals surface area contributed by atoms with Crippen LogP contribution in [0.2, 0.25) is 19.6 Å². The fourth-order valence-corrected chi connectivity index (χ4v) is 0.783. The molecule has 0 bridgehead atoms. The topological polar surface area (TPSA) is 74.4 Å². The van der Waals surface area contributed by atoms with Crippen molar-refractivity contribution in [1.29, 1.82) is 0 Å². The van der Waals surface area contributed by atoms with Crippen LogP contribution in [0.25, 0.3) is 0 Å². The molecule has 20 heavy (non-hydrogen) atoms. The summed E-state index contributed by atoms with van der Waals surface area (Å²) in [7, 11) is -0.160. The van der Waals surface area contributed by atoms with E-state index in [1.165, 1.54) is 0 Å². The second kappa shape index (κ2) is 16.4. The zero-order valence-corrected chi connectivity index (χ0v) is 17.5. The third-order valence-corrected chi connectivity index (χ3v) is 7.43. The van der Waals surface area contributed by atoms with Crippen LogP contribution in [0.1, 0.15) is 53.4 Å². The Morgan fingerprint density at radius 1 is 0.850 bits per heavy atom. The third-order valence-electron chi connectivity index (χ3n) is 2.53. The Balaban J connectivity index is -0.000000218. The number of hydrogen-bond donors (Lipinski definition) is 2. The lowest BCUT2D eigenvalue weighted by molar-refractivity contribution is 0.316. The molecule has 0 saturated carbocycles. The van der Waals surface area contributed by atoms with Gasteiger partial charge in [-0.25, -0.2) is 0 Å². The van der Waals surface area contributed by atoms with E-state index in [0.717, 1.165) is 47.6 Å². The molecule has 5 nitrogen and oxygen atoms in total. The molecule has 0 heterocycles. The van der Waals surface area contributed by atoms with Gasteiger partial charge in [0.2, 0.25) is 0 Å². The summed E-state index contributed by atoms with van der Waals surface area (Å²) in [6, 6.07) is 0. The van der Waals surface area contributed by atoms with Crippen LogP contribution in [-0.2, 0) is 4.12 Å². The Bertz CT molecular complexity index is 233. The van der Waals surface area contributed by atoms with Crippen LogP contribution in [0.15, 0.2) is 10.3 Å². The Hall–Kier alpha value is -0.666. The highest BCUT2D eigenvalue weighted by molar-refractivity contribution is 6.72. The smallest absolute Gasteiger partial charge is 0.169 e. The molecule has 0 radical (unpaired) electrons. The normalized spacial score (nSPS) is 9.55. The van der Waals surface area contributed by atoms with Gasteiger partial charge < -0.3 is 14.5 Å². The van der Waals surface area contributed by atoms with E-state index in [9.17, 15) is 0 Å². The van der Waals surface area contributed by atoms with Gasteiger partial charge in [0.1, 0.15) is 10.5 Å². The number of rotatable bonds is 5. The zero-order chi connectivity index (χ0) is 16.6. The summed E-state index contributed by atoms with van der Waals surface area (Å²) in [5.41, 5.74) is 1.72. The quantitative estimate of drug-likeness (QED) is 0.352. The summed E-state index contributed by atoms with van der Waals surface area (Å²) in [5.74, 6) is 0. The number of nitrogens with zero attached hydrogens (tertiary/aromatic N) is 2. The molecule has 0 aliphatic heterocycles. The molecule has 0 aromatic heterocycles. The molecular formula is C13H34N2O3Si2. The molecule has 122 valence electrons. The largest absolute Gasteiger partial charge is 0.464 e. The SMILES string of the molecule is CCC(CC)=NO.CCC(CC)=NO.C[Si](C)(C)O[SiH3]. The van der Waals surface area contributed by atoms with Crippen LogP contribution in [0.4, 0.5) is 0 Å². The van der Waals surface area contributed by atoms with Crippen molar-refractivity contribution < 1.29 is 14.5 Å². The molecule has 0 aromatic rings. The Kier molecular flexibility index (Phi) is 20.0. The lowest BCUT2D eigenvalue weighted by Gasteiger charge is -2.11. The summed E-state index contributed by atoms with van der Waals surface area (Å²) in [5, 5.41) is 22.3. The van der Waals surface area contributed by atoms with Crippen LogP contribution >= 0.6 is 0 Å². The molecule has 0 aliphatic rings. The van der Waals surface area contributed by atoms with Crippen molar-refractivity contribution >= 4 is 30.2 Å². The van der Waals surface area contributed by atoms with Crippen molar-refractivity contribution in [1.82, 2.24) is 0 Å². The molecule has 0 atom stereocenters. The average Bonchev–Trinajstić information content (AvgIpc) is 2.43. The molecule has 0 unspecified atom stereocenters. The number of hydrogen-bond acceptors (Lipinski definition) is 5. The maximum Gasteiger partial charge on any atom is 0.169 e. The lowest BCUT2D eigenvalue weighted by atomic mass is 10.2. The van der Waals surface area contributed by atoms with Crippen molar-refractivity contribution in [2.75, 3.05) is 0 Å². The maximum absolute atomic E-state index is 8.11. The van der Waals surface area contributed by atoms with E-state index in [4.69, 9.17) is 14.5 Å². The van der Waals surface area contributed by atoms with Gasteiger partial charge in [0, 0.05) is 0 Å². The number of oxime groups is 2. The van der Waals surface area contributed by atoms with Crippen LogP contribution in [0.5, 0.6) is 0 Å². The van der Waals surface area contributed by atoms with E-state index in [-0.39, 0.29) is 0 Å². The van der Waals surface area contributed by atoms with E-state index in [1.54, 1.807) is 0 Å². The molecule has 0 aliphatic carbocycles. The van der Waals surface area contributed by atoms with E-state index in [0.29, 0.717) is 0 Å². The summed E-state index contributed by atoms with van der Waals surface area (Å²) >= 11 is 0. The highest BCUT2D eigenvalue weighted by atomic mass is 28.4. The monoisotopic (exact) mass is 322 g/mol. The second-order valence-corrected chi connectivity index (χ2v) is 10.9. The summed E-state index contributed by atoms with van der Waals surface area (Å²) in [6.45, 7) is 14.5. The van der Waals surface area contributed by atoms with Gasteiger partial charge in [0.05, 0.1) is 11.4 Å². The Labute approximate surface area is 128 Å². The van der Waals surface area contributed by atoms with E-state index >= 15 is 0 Å². The minimum atomic E-state index is -1.07. The lowest BCUT2D eigenvalue weighted by Crippen LogP contribution is -2.23. The Morgan fingerprint density at radius 2 is 1.05 bits per heavy atom. The second-order valence-electron chi connectivity index (χ2n) is 5.06. The standard InChI is InChI=1S/2C5H11NO.C3H12OSi2/c2*1-3-5(4-2)6-7;1-6(2,3)4-5/h2*7H,3-4H2,1-2H3;1-3,5H3. The van der Waals surface area contributed by atoms with Gasteiger partial charge in [0.15, 0.2) is 8.32 Å². The summed E-state index contributed by atoms with van der Waals surface area (Å²) < 4.78 is 5.22. The Morgan fingerprint density at radius 3 is 1.05 bits per heavy atom. The average molecular weight is 323 g/mol. The molecule has 7 heteroatoms. The first-order chi connectivity index (χ1) is 9.25. The van der Waals surface area contributed by atoms with E-state index < -0.39 is 8.32 Å². The van der Waals surface area contributed by atoms with Crippen LogP contribution in [-0.4, -0.2) is 40.6 Å². The van der Waals surface area contributed by atoms with Crippen molar-refractivity contribution in [2.45, 2.75) is 73.0 Å².